The van der Waals surface area contributed by atoms with E-state index in [9.17, 15) is 19.5 Å². The van der Waals surface area contributed by atoms with E-state index in [0.29, 0.717) is 19.4 Å². The Balaban J connectivity index is 1.93. The van der Waals surface area contributed by atoms with Crippen LogP contribution in [0.2, 0.25) is 0 Å². The number of aliphatic hydroxyl groups is 1. The topological polar surface area (TPSA) is 96.4 Å². The van der Waals surface area contributed by atoms with Gasteiger partial charge in [0.15, 0.2) is 0 Å². The van der Waals surface area contributed by atoms with Crippen molar-refractivity contribution >= 4 is 17.8 Å². The lowest BCUT2D eigenvalue weighted by molar-refractivity contribution is -0.165. The number of nitrogens with zero attached hydrogens (tertiary/aromatic N) is 2. The van der Waals surface area contributed by atoms with Gasteiger partial charge >= 0.3 is 5.97 Å². The van der Waals surface area contributed by atoms with Gasteiger partial charge in [0.25, 0.3) is 0 Å². The van der Waals surface area contributed by atoms with E-state index < -0.39 is 46.6 Å². The lowest BCUT2D eigenvalue weighted by Crippen LogP contribution is -2.62. The number of hydrogen-bond donors (Lipinski definition) is 1. The number of hydrogen-bond acceptors (Lipinski definition) is 6. The monoisotopic (exact) mass is 558 g/mol. The maximum Gasteiger partial charge on any atom is 0.313 e. The summed E-state index contributed by atoms with van der Waals surface area (Å²) in [6.45, 7) is 16.9. The molecule has 4 aliphatic rings. The van der Waals surface area contributed by atoms with Crippen molar-refractivity contribution in [2.75, 3.05) is 19.8 Å². The van der Waals surface area contributed by atoms with Crippen LogP contribution in [0.3, 0.4) is 0 Å². The normalized spacial score (nSPS) is 35.1. The van der Waals surface area contributed by atoms with Gasteiger partial charge in [-0.15, -0.1) is 0 Å². The smallest absolute Gasteiger partial charge is 0.313 e. The molecule has 0 aromatic heterocycles. The lowest BCUT2D eigenvalue weighted by Gasteiger charge is -2.46. The van der Waals surface area contributed by atoms with Crippen LogP contribution < -0.4 is 0 Å². The molecular weight excluding hydrogens is 508 g/mol. The number of carbonyl (C=O) groups excluding carboxylic acids is 3. The van der Waals surface area contributed by atoms with Crippen LogP contribution in [0.1, 0.15) is 87.5 Å². The Morgan fingerprint density at radius 3 is 2.35 bits per heavy atom. The van der Waals surface area contributed by atoms with Crippen LogP contribution in [0.5, 0.6) is 0 Å². The Labute approximate surface area is 240 Å². The molecule has 0 aliphatic carbocycles. The summed E-state index contributed by atoms with van der Waals surface area (Å²) < 4.78 is 12.8. The molecule has 1 N–H and O–H groups in total. The zero-order valence-corrected chi connectivity index (χ0v) is 25.7. The van der Waals surface area contributed by atoms with Gasteiger partial charge in [0.1, 0.15) is 23.2 Å². The molecule has 4 rings (SSSR count). The van der Waals surface area contributed by atoms with E-state index in [2.05, 4.69) is 34.6 Å². The van der Waals surface area contributed by atoms with Crippen molar-refractivity contribution in [1.82, 2.24) is 9.80 Å². The lowest BCUT2D eigenvalue weighted by atomic mass is 9.73. The summed E-state index contributed by atoms with van der Waals surface area (Å²) in [7, 11) is 0. The minimum atomic E-state index is -1.36. The number of esters is 1. The highest BCUT2D eigenvalue weighted by molar-refractivity contribution is 5.99. The van der Waals surface area contributed by atoms with Gasteiger partial charge in [0, 0.05) is 12.1 Å². The minimum absolute atomic E-state index is 0.0375. The van der Waals surface area contributed by atoms with Crippen LogP contribution in [0.15, 0.2) is 24.3 Å². The largest absolute Gasteiger partial charge is 0.465 e. The van der Waals surface area contributed by atoms with Crippen molar-refractivity contribution in [2.24, 2.45) is 23.2 Å². The van der Waals surface area contributed by atoms with Crippen LogP contribution >= 0.6 is 0 Å². The summed E-state index contributed by atoms with van der Waals surface area (Å²) in [5.74, 6) is -2.87. The van der Waals surface area contributed by atoms with E-state index in [0.717, 1.165) is 19.3 Å². The maximum absolute atomic E-state index is 14.9. The molecule has 0 saturated carbocycles. The summed E-state index contributed by atoms with van der Waals surface area (Å²) >= 11 is 0. The minimum Gasteiger partial charge on any atom is -0.465 e. The summed E-state index contributed by atoms with van der Waals surface area (Å²) in [5.41, 5.74) is -2.98. The Hall–Kier alpha value is -2.19. The number of fused-ring (bicyclic) bond motifs is 2. The molecule has 0 radical (unpaired) electrons. The summed E-state index contributed by atoms with van der Waals surface area (Å²) in [5, 5.41) is 10.6. The second kappa shape index (κ2) is 10.9. The molecule has 7 atom stereocenters. The Bertz CT molecular complexity index is 1060. The second-order valence-electron chi connectivity index (χ2n) is 14.1. The molecule has 0 bridgehead atoms. The van der Waals surface area contributed by atoms with E-state index in [-0.39, 0.29) is 36.4 Å². The highest BCUT2D eigenvalue weighted by Gasteiger charge is 2.76. The molecule has 8 nitrogen and oxygen atoms in total. The number of aliphatic hydroxyl groups excluding tert-OH is 1. The third-order valence-corrected chi connectivity index (χ3v) is 9.61. The molecule has 4 aliphatic heterocycles. The molecule has 2 saturated heterocycles. The standard InChI is InChI=1S/C32H50N2O6/c1-9-21(3)22(19-35)34-25-27(37)33(30(7,8)20-29(4,5)6)17-14-16-32(25)23(26(34)36)24-28(38)39-18-13-11-12-15-31(24,10-2)40-32/h12,14-16,21-25,35H,9-11,13,17-20H2,1-8H3/b15-12-/t21-,22-,23-,24-,25?,31+,32-/m0/s1. The van der Waals surface area contributed by atoms with Gasteiger partial charge in [-0.2, -0.15) is 0 Å². The number of allylic oxidation sites excluding steroid dienone is 1. The van der Waals surface area contributed by atoms with Gasteiger partial charge in [-0.1, -0.05) is 72.3 Å². The molecule has 2 fully saturated rings. The van der Waals surface area contributed by atoms with Crippen molar-refractivity contribution in [3.63, 3.8) is 0 Å². The van der Waals surface area contributed by atoms with Crippen molar-refractivity contribution < 1.29 is 29.0 Å². The second-order valence-corrected chi connectivity index (χ2v) is 14.1. The molecule has 8 heteroatoms. The first-order valence-electron chi connectivity index (χ1n) is 15.2. The van der Waals surface area contributed by atoms with Crippen LogP contribution in [0.25, 0.3) is 0 Å². The van der Waals surface area contributed by atoms with E-state index in [4.69, 9.17) is 9.47 Å². The number of cyclic esters (lactones) is 1. The van der Waals surface area contributed by atoms with Crippen molar-refractivity contribution in [3.05, 3.63) is 24.3 Å². The first-order chi connectivity index (χ1) is 18.7. The van der Waals surface area contributed by atoms with Crippen molar-refractivity contribution in [3.8, 4) is 0 Å². The molecule has 4 heterocycles. The van der Waals surface area contributed by atoms with Crippen molar-refractivity contribution in [2.45, 2.75) is 116 Å². The molecule has 1 spiro atoms. The fourth-order valence-corrected chi connectivity index (χ4v) is 7.92. The molecular formula is C32H50N2O6. The average Bonchev–Trinajstić information content (AvgIpc) is 3.24. The average molecular weight is 559 g/mol. The molecule has 224 valence electrons. The predicted molar refractivity (Wildman–Crippen MR) is 153 cm³/mol. The summed E-state index contributed by atoms with van der Waals surface area (Å²) in [6, 6.07) is -1.59. The van der Waals surface area contributed by atoms with Crippen LogP contribution in [0.4, 0.5) is 0 Å². The zero-order chi connectivity index (χ0) is 29.7. The van der Waals surface area contributed by atoms with Gasteiger partial charge in [-0.05, 0) is 50.9 Å². The van der Waals surface area contributed by atoms with E-state index in [1.807, 2.05) is 50.0 Å². The Morgan fingerprint density at radius 1 is 1.05 bits per heavy atom. The van der Waals surface area contributed by atoms with E-state index >= 15 is 0 Å². The highest BCUT2D eigenvalue weighted by atomic mass is 16.6. The van der Waals surface area contributed by atoms with Crippen LogP contribution in [-0.2, 0) is 23.9 Å². The Morgan fingerprint density at radius 2 is 1.75 bits per heavy atom. The maximum atomic E-state index is 14.9. The van der Waals surface area contributed by atoms with Gasteiger partial charge in [-0.3, -0.25) is 14.4 Å². The quantitative estimate of drug-likeness (QED) is 0.371. The number of amides is 2. The Kier molecular flexibility index (Phi) is 8.38. The molecule has 2 amide bonds. The SMILES string of the molecule is CC[C@H](C)[C@H](CO)N1C(=O)[C@@H]2[C@H]3C(=O)OCCC/C=C\[C@@]3(CC)O[C@@]23C=CCN(C(C)(C)CC(C)(C)C)C(=O)C13. The molecule has 0 aromatic carbocycles. The summed E-state index contributed by atoms with van der Waals surface area (Å²) in [4.78, 5) is 46.7. The highest BCUT2D eigenvalue weighted by Crippen LogP contribution is 2.59. The first kappa shape index (κ1) is 30.8. The first-order valence-corrected chi connectivity index (χ1v) is 15.2. The van der Waals surface area contributed by atoms with Crippen LogP contribution in [-0.4, -0.2) is 81.3 Å². The third kappa shape index (κ3) is 4.93. The van der Waals surface area contributed by atoms with Gasteiger partial charge in [-0.25, -0.2) is 0 Å². The molecule has 40 heavy (non-hydrogen) atoms. The van der Waals surface area contributed by atoms with Crippen LogP contribution in [0, 0.1) is 23.2 Å². The predicted octanol–water partition coefficient (Wildman–Crippen LogP) is 4.26. The van der Waals surface area contributed by atoms with E-state index in [1.54, 1.807) is 4.90 Å². The zero-order valence-electron chi connectivity index (χ0n) is 25.7. The number of carbonyl (C=O) groups is 3. The fourth-order valence-electron chi connectivity index (χ4n) is 7.92. The van der Waals surface area contributed by atoms with Gasteiger partial charge in [0.2, 0.25) is 11.8 Å². The molecule has 1 unspecified atom stereocenters. The number of rotatable bonds is 7. The number of ether oxygens (including phenoxy) is 2. The third-order valence-electron chi connectivity index (χ3n) is 9.61. The fraction of sp³-hybridized carbons (Fsp3) is 0.781. The van der Waals surface area contributed by atoms with Crippen molar-refractivity contribution in [1.29, 1.82) is 0 Å². The van der Waals surface area contributed by atoms with Gasteiger partial charge < -0.3 is 24.4 Å². The van der Waals surface area contributed by atoms with E-state index in [1.165, 1.54) is 0 Å². The number of likely N-dealkylation sites (tertiary alicyclic amines) is 1. The summed E-state index contributed by atoms with van der Waals surface area (Å²) in [6.07, 6.45) is 11.1. The van der Waals surface area contributed by atoms with Gasteiger partial charge in [0.05, 0.1) is 25.2 Å². The molecule has 0 aromatic rings.